The molecule has 5 heteroatoms. The molecule has 0 atom stereocenters. The monoisotopic (exact) mass is 286 g/mol. The van der Waals surface area contributed by atoms with Crippen molar-refractivity contribution in [3.05, 3.63) is 27.4 Å². The topological polar surface area (TPSA) is 9.23 Å². The second kappa shape index (κ2) is 5.03. The maximum atomic E-state index is 13.0. The highest BCUT2D eigenvalue weighted by molar-refractivity contribution is 9.10. The molecule has 13 heavy (non-hydrogen) atoms. The maximum absolute atomic E-state index is 13.0. The zero-order valence-electron chi connectivity index (χ0n) is 6.49. The minimum absolute atomic E-state index is 0.308. The Hall–Kier alpha value is 0.01000. The summed E-state index contributed by atoms with van der Waals surface area (Å²) in [5.41, 5.74) is 0. The van der Waals surface area contributed by atoms with Gasteiger partial charge in [0.05, 0.1) is 15.4 Å². The van der Waals surface area contributed by atoms with Crippen LogP contribution in [0.5, 0.6) is 5.75 Å². The Kier molecular flexibility index (Phi) is 4.29. The maximum Gasteiger partial charge on any atom is 0.141 e. The average molecular weight is 288 g/mol. The molecule has 0 fully saturated rings. The fourth-order valence-electron chi connectivity index (χ4n) is 0.763. The Morgan fingerprint density at radius 3 is 2.77 bits per heavy atom. The van der Waals surface area contributed by atoms with Gasteiger partial charge in [-0.15, -0.1) is 11.6 Å². The Labute approximate surface area is 93.9 Å². The first-order valence-electron chi connectivity index (χ1n) is 3.48. The molecule has 0 aliphatic carbocycles. The number of benzene rings is 1. The molecule has 1 nitrogen and oxygen atoms in total. The van der Waals surface area contributed by atoms with Crippen LogP contribution in [0.4, 0.5) is 4.39 Å². The van der Waals surface area contributed by atoms with Gasteiger partial charge in [0.15, 0.2) is 0 Å². The summed E-state index contributed by atoms with van der Waals surface area (Å²) in [6.45, 7) is 0.308. The first-order valence-corrected chi connectivity index (χ1v) is 5.19. The molecule has 1 aromatic rings. The van der Waals surface area contributed by atoms with E-state index in [0.29, 0.717) is 27.7 Å². The van der Waals surface area contributed by atoms with Crippen LogP contribution in [0.15, 0.2) is 16.6 Å². The average Bonchev–Trinajstić information content (AvgIpc) is 2.09. The highest BCUT2D eigenvalue weighted by Crippen LogP contribution is 2.30. The fourth-order valence-corrected chi connectivity index (χ4v) is 1.53. The van der Waals surface area contributed by atoms with Gasteiger partial charge in [0.1, 0.15) is 18.2 Å². The highest BCUT2D eigenvalue weighted by Gasteiger charge is 2.07. The van der Waals surface area contributed by atoms with Crippen molar-refractivity contribution >= 4 is 39.1 Å². The van der Waals surface area contributed by atoms with E-state index in [2.05, 4.69) is 15.9 Å². The fraction of sp³-hybridized carbons (Fsp3) is 0.250. The number of hydrogen-bond donors (Lipinski definition) is 0. The third kappa shape index (κ3) is 3.01. The second-order valence-electron chi connectivity index (χ2n) is 2.23. The molecule has 0 N–H and O–H groups in total. The van der Waals surface area contributed by atoms with Crippen LogP contribution < -0.4 is 4.74 Å². The summed E-state index contributed by atoms with van der Waals surface area (Å²) in [5, 5.41) is 0.360. The first-order chi connectivity index (χ1) is 6.15. The van der Waals surface area contributed by atoms with Crippen molar-refractivity contribution in [2.75, 3.05) is 12.5 Å². The zero-order valence-corrected chi connectivity index (χ0v) is 9.59. The SMILES string of the molecule is Fc1cc(OCCCl)c(Cl)cc1Br. The normalized spacial score (nSPS) is 10.2. The van der Waals surface area contributed by atoms with Gasteiger partial charge in [-0.05, 0) is 22.0 Å². The van der Waals surface area contributed by atoms with Crippen molar-refractivity contribution in [2.45, 2.75) is 0 Å². The van der Waals surface area contributed by atoms with Crippen molar-refractivity contribution in [1.82, 2.24) is 0 Å². The second-order valence-corrected chi connectivity index (χ2v) is 3.87. The van der Waals surface area contributed by atoms with E-state index in [1.165, 1.54) is 12.1 Å². The van der Waals surface area contributed by atoms with E-state index >= 15 is 0 Å². The number of ether oxygens (including phenoxy) is 1. The number of hydrogen-bond acceptors (Lipinski definition) is 1. The van der Waals surface area contributed by atoms with Crippen LogP contribution in [0.1, 0.15) is 0 Å². The van der Waals surface area contributed by atoms with Gasteiger partial charge in [0.2, 0.25) is 0 Å². The molecule has 0 aliphatic rings. The summed E-state index contributed by atoms with van der Waals surface area (Å²) in [4.78, 5) is 0. The molecule has 0 radical (unpaired) electrons. The van der Waals surface area contributed by atoms with E-state index in [9.17, 15) is 4.39 Å². The predicted molar refractivity (Wildman–Crippen MR) is 55.3 cm³/mol. The zero-order chi connectivity index (χ0) is 9.84. The molecule has 1 aromatic carbocycles. The Morgan fingerprint density at radius 1 is 1.46 bits per heavy atom. The van der Waals surface area contributed by atoms with Gasteiger partial charge in [0.25, 0.3) is 0 Å². The van der Waals surface area contributed by atoms with Crippen molar-refractivity contribution < 1.29 is 9.13 Å². The lowest BCUT2D eigenvalue weighted by Gasteiger charge is -2.06. The van der Waals surface area contributed by atoms with E-state index in [-0.39, 0.29) is 0 Å². The molecule has 72 valence electrons. The molecule has 0 bridgehead atoms. The number of halogens is 4. The van der Waals surface area contributed by atoms with Crippen molar-refractivity contribution in [3.63, 3.8) is 0 Å². The molecule has 0 aliphatic heterocycles. The van der Waals surface area contributed by atoms with Crippen LogP contribution in [-0.2, 0) is 0 Å². The van der Waals surface area contributed by atoms with Crippen LogP contribution in [0.3, 0.4) is 0 Å². The molecule has 1 rings (SSSR count). The molecular weight excluding hydrogens is 282 g/mol. The lowest BCUT2D eigenvalue weighted by Crippen LogP contribution is -1.99. The van der Waals surface area contributed by atoms with Gasteiger partial charge < -0.3 is 4.74 Å². The van der Waals surface area contributed by atoms with E-state index in [1.54, 1.807) is 0 Å². The first kappa shape index (κ1) is 11.1. The number of rotatable bonds is 3. The van der Waals surface area contributed by atoms with Crippen molar-refractivity contribution in [3.8, 4) is 5.75 Å². The van der Waals surface area contributed by atoms with Crippen LogP contribution in [-0.4, -0.2) is 12.5 Å². The summed E-state index contributed by atoms with van der Waals surface area (Å²) >= 11 is 14.2. The third-order valence-corrected chi connectivity index (χ3v) is 2.37. The third-order valence-electron chi connectivity index (χ3n) is 1.31. The standard InChI is InChI=1S/C8H6BrCl2FO/c9-5-3-6(11)8(4-7(5)12)13-2-1-10/h3-4H,1-2H2. The van der Waals surface area contributed by atoms with Gasteiger partial charge in [-0.3, -0.25) is 0 Å². The predicted octanol–water partition coefficient (Wildman–Crippen LogP) is 3.86. The molecule has 0 saturated heterocycles. The molecular formula is C8H6BrCl2FO. The summed E-state index contributed by atoms with van der Waals surface area (Å²) in [6, 6.07) is 2.67. The molecule has 0 spiro atoms. The Morgan fingerprint density at radius 2 is 2.15 bits per heavy atom. The van der Waals surface area contributed by atoms with E-state index in [1.807, 2.05) is 0 Å². The van der Waals surface area contributed by atoms with Crippen LogP contribution >= 0.6 is 39.1 Å². The van der Waals surface area contributed by atoms with Gasteiger partial charge in [-0.2, -0.15) is 0 Å². The largest absolute Gasteiger partial charge is 0.491 e. The molecule has 0 heterocycles. The van der Waals surface area contributed by atoms with E-state index in [4.69, 9.17) is 27.9 Å². The highest BCUT2D eigenvalue weighted by atomic mass is 79.9. The Balaban J connectivity index is 2.88. The quantitative estimate of drug-likeness (QED) is 0.606. The van der Waals surface area contributed by atoms with Crippen molar-refractivity contribution in [2.24, 2.45) is 0 Å². The summed E-state index contributed by atoms with van der Waals surface area (Å²) in [7, 11) is 0. The van der Waals surface area contributed by atoms with Gasteiger partial charge in [-0.1, -0.05) is 11.6 Å². The van der Waals surface area contributed by atoms with Gasteiger partial charge >= 0.3 is 0 Å². The summed E-state index contributed by atoms with van der Waals surface area (Å²) < 4.78 is 18.4. The minimum atomic E-state index is -0.408. The smallest absolute Gasteiger partial charge is 0.141 e. The summed E-state index contributed by atoms with van der Waals surface area (Å²) in [6.07, 6.45) is 0. The molecule has 0 aromatic heterocycles. The lowest BCUT2D eigenvalue weighted by molar-refractivity contribution is 0.341. The van der Waals surface area contributed by atoms with E-state index < -0.39 is 5.82 Å². The minimum Gasteiger partial charge on any atom is -0.491 e. The van der Waals surface area contributed by atoms with Crippen LogP contribution in [0.25, 0.3) is 0 Å². The molecule has 0 amide bonds. The van der Waals surface area contributed by atoms with Gasteiger partial charge in [0, 0.05) is 6.07 Å². The number of alkyl halides is 1. The van der Waals surface area contributed by atoms with Crippen LogP contribution in [0.2, 0.25) is 5.02 Å². The van der Waals surface area contributed by atoms with Crippen LogP contribution in [0, 0.1) is 5.82 Å². The summed E-state index contributed by atoms with van der Waals surface area (Å²) in [5.74, 6) is 0.241. The van der Waals surface area contributed by atoms with Gasteiger partial charge in [-0.25, -0.2) is 4.39 Å². The molecule has 0 unspecified atom stereocenters. The van der Waals surface area contributed by atoms with E-state index in [0.717, 1.165) is 0 Å². The van der Waals surface area contributed by atoms with Crippen molar-refractivity contribution in [1.29, 1.82) is 0 Å². The molecule has 0 saturated carbocycles. The Bertz CT molecular complexity index is 306. The lowest BCUT2D eigenvalue weighted by atomic mass is 10.3.